The van der Waals surface area contributed by atoms with Crippen LogP contribution >= 0.6 is 11.3 Å². The van der Waals surface area contributed by atoms with Gasteiger partial charge in [-0.1, -0.05) is 0 Å². The molecule has 1 atom stereocenters. The third-order valence-electron chi connectivity index (χ3n) is 1.41. The molecule has 0 aliphatic heterocycles. The number of nitrogens with zero attached hydrogens (tertiary/aromatic N) is 1. The van der Waals surface area contributed by atoms with Crippen molar-refractivity contribution in [3.63, 3.8) is 0 Å². The van der Waals surface area contributed by atoms with Gasteiger partial charge in [-0.2, -0.15) is 0 Å². The molecule has 4 nitrogen and oxygen atoms in total. The zero-order valence-corrected chi connectivity index (χ0v) is 7.50. The molecule has 1 unspecified atom stereocenters. The summed E-state index contributed by atoms with van der Waals surface area (Å²) in [4.78, 5) is 15.7. The van der Waals surface area contributed by atoms with Crippen molar-refractivity contribution < 1.29 is 9.53 Å². The molecule has 2 N–H and O–H groups in total. The molecular weight excluding hydrogens is 176 g/mol. The highest BCUT2D eigenvalue weighted by atomic mass is 32.1. The summed E-state index contributed by atoms with van der Waals surface area (Å²) < 4.78 is 4.48. The third-order valence-corrected chi connectivity index (χ3v) is 2.21. The van der Waals surface area contributed by atoms with E-state index >= 15 is 0 Å². The predicted octanol–water partition coefficient (Wildman–Crippen LogP) is 0.186. The molecule has 0 saturated heterocycles. The molecule has 1 aromatic heterocycles. The number of thiazole rings is 1. The number of aromatic nitrogens is 1. The second-order valence-corrected chi connectivity index (χ2v) is 3.27. The number of methoxy groups -OCH3 is 1. The number of esters is 1. The van der Waals surface area contributed by atoms with E-state index in [1.807, 2.05) is 0 Å². The molecule has 0 saturated carbocycles. The van der Waals surface area contributed by atoms with Crippen molar-refractivity contribution >= 4 is 17.3 Å². The van der Waals surface area contributed by atoms with E-state index in [0.717, 1.165) is 4.88 Å². The first-order valence-electron chi connectivity index (χ1n) is 3.45. The fraction of sp³-hybridized carbons (Fsp3) is 0.429. The normalized spacial score (nSPS) is 12.5. The van der Waals surface area contributed by atoms with Crippen LogP contribution in [-0.4, -0.2) is 24.1 Å². The zero-order chi connectivity index (χ0) is 8.97. The van der Waals surface area contributed by atoms with Gasteiger partial charge in [-0.05, 0) is 0 Å². The molecule has 1 aromatic rings. The van der Waals surface area contributed by atoms with Gasteiger partial charge in [0.1, 0.15) is 6.04 Å². The lowest BCUT2D eigenvalue weighted by Crippen LogP contribution is -2.33. The molecule has 66 valence electrons. The summed E-state index contributed by atoms with van der Waals surface area (Å²) in [7, 11) is 1.33. The molecule has 0 aliphatic rings. The van der Waals surface area contributed by atoms with E-state index in [9.17, 15) is 4.79 Å². The van der Waals surface area contributed by atoms with Crippen LogP contribution in [0, 0.1) is 0 Å². The second-order valence-electron chi connectivity index (χ2n) is 2.30. The van der Waals surface area contributed by atoms with Gasteiger partial charge in [0.05, 0.1) is 12.6 Å². The van der Waals surface area contributed by atoms with Gasteiger partial charge < -0.3 is 10.5 Å². The van der Waals surface area contributed by atoms with E-state index in [2.05, 4.69) is 9.72 Å². The average molecular weight is 186 g/mol. The molecule has 0 fully saturated rings. The number of ether oxygens (including phenoxy) is 1. The zero-order valence-electron chi connectivity index (χ0n) is 6.69. The Morgan fingerprint density at radius 3 is 3.17 bits per heavy atom. The van der Waals surface area contributed by atoms with Gasteiger partial charge in [0, 0.05) is 17.5 Å². The Labute approximate surface area is 74.4 Å². The molecule has 0 aliphatic carbocycles. The molecule has 1 rings (SSSR count). The summed E-state index contributed by atoms with van der Waals surface area (Å²) in [5, 5.41) is 0. The lowest BCUT2D eigenvalue weighted by Gasteiger charge is -2.05. The Kier molecular flexibility index (Phi) is 3.19. The van der Waals surface area contributed by atoms with Gasteiger partial charge in [0.25, 0.3) is 0 Å². The average Bonchev–Trinajstić information content (AvgIpc) is 2.55. The van der Waals surface area contributed by atoms with Crippen LogP contribution in [0.3, 0.4) is 0 Å². The smallest absolute Gasteiger partial charge is 0.323 e. The highest BCUT2D eigenvalue weighted by Gasteiger charge is 2.14. The summed E-state index contributed by atoms with van der Waals surface area (Å²) in [5.74, 6) is -0.386. The highest BCUT2D eigenvalue weighted by molar-refractivity contribution is 7.09. The van der Waals surface area contributed by atoms with Crippen molar-refractivity contribution in [3.8, 4) is 0 Å². The minimum Gasteiger partial charge on any atom is -0.468 e. The van der Waals surface area contributed by atoms with Crippen LogP contribution < -0.4 is 5.73 Å². The molecule has 0 amide bonds. The van der Waals surface area contributed by atoms with Crippen LogP contribution in [0.5, 0.6) is 0 Å². The van der Waals surface area contributed by atoms with E-state index in [1.165, 1.54) is 18.4 Å². The van der Waals surface area contributed by atoms with Crippen molar-refractivity contribution in [2.45, 2.75) is 12.5 Å². The van der Waals surface area contributed by atoms with Gasteiger partial charge in [-0.3, -0.25) is 9.78 Å². The number of carbonyl (C=O) groups excluding carboxylic acids is 1. The first-order valence-corrected chi connectivity index (χ1v) is 4.32. The Bertz CT molecular complexity index is 248. The van der Waals surface area contributed by atoms with E-state index in [4.69, 9.17) is 5.73 Å². The van der Waals surface area contributed by atoms with Gasteiger partial charge in [0.15, 0.2) is 0 Å². The summed E-state index contributed by atoms with van der Waals surface area (Å²) in [5.41, 5.74) is 7.23. The fourth-order valence-electron chi connectivity index (χ4n) is 0.794. The summed E-state index contributed by atoms with van der Waals surface area (Å²) in [6.45, 7) is 0. The maximum atomic E-state index is 10.9. The van der Waals surface area contributed by atoms with E-state index in [0.29, 0.717) is 6.42 Å². The summed E-state index contributed by atoms with van der Waals surface area (Å²) in [6.07, 6.45) is 2.20. The first-order chi connectivity index (χ1) is 5.74. The number of hydrogen-bond donors (Lipinski definition) is 1. The van der Waals surface area contributed by atoms with Crippen molar-refractivity contribution in [2.75, 3.05) is 7.11 Å². The van der Waals surface area contributed by atoms with Crippen LogP contribution in [0.15, 0.2) is 11.7 Å². The SMILES string of the molecule is COC(=O)C(N)Cc1cncs1. The number of carbonyl (C=O) groups is 1. The highest BCUT2D eigenvalue weighted by Crippen LogP contribution is 2.07. The van der Waals surface area contributed by atoms with Crippen LogP contribution in [0.1, 0.15) is 4.88 Å². The predicted molar refractivity (Wildman–Crippen MR) is 45.8 cm³/mol. The maximum Gasteiger partial charge on any atom is 0.323 e. The molecule has 5 heteroatoms. The fourth-order valence-corrected chi connectivity index (χ4v) is 1.45. The molecule has 0 spiro atoms. The monoisotopic (exact) mass is 186 g/mol. The van der Waals surface area contributed by atoms with Crippen molar-refractivity contribution in [2.24, 2.45) is 5.73 Å². The van der Waals surface area contributed by atoms with Gasteiger partial charge in [-0.25, -0.2) is 0 Å². The maximum absolute atomic E-state index is 10.9. The third kappa shape index (κ3) is 2.28. The lowest BCUT2D eigenvalue weighted by molar-refractivity contribution is -0.142. The van der Waals surface area contributed by atoms with Crippen molar-refractivity contribution in [3.05, 3.63) is 16.6 Å². The largest absolute Gasteiger partial charge is 0.468 e. The number of rotatable bonds is 3. The van der Waals surface area contributed by atoms with E-state index in [1.54, 1.807) is 11.7 Å². The van der Waals surface area contributed by atoms with E-state index in [-0.39, 0.29) is 5.97 Å². The quantitative estimate of drug-likeness (QED) is 0.684. The molecular formula is C7H10N2O2S. The van der Waals surface area contributed by atoms with Crippen molar-refractivity contribution in [1.29, 1.82) is 0 Å². The Hall–Kier alpha value is -0.940. The van der Waals surface area contributed by atoms with Gasteiger partial charge >= 0.3 is 5.97 Å². The summed E-state index contributed by atoms with van der Waals surface area (Å²) in [6, 6.07) is -0.574. The van der Waals surface area contributed by atoms with Crippen LogP contribution in [0.25, 0.3) is 0 Å². The van der Waals surface area contributed by atoms with Crippen molar-refractivity contribution in [1.82, 2.24) is 4.98 Å². The van der Waals surface area contributed by atoms with Crippen LogP contribution in [0.4, 0.5) is 0 Å². The van der Waals surface area contributed by atoms with Gasteiger partial charge in [-0.15, -0.1) is 11.3 Å². The lowest BCUT2D eigenvalue weighted by atomic mass is 10.2. The first kappa shape index (κ1) is 9.15. The van der Waals surface area contributed by atoms with Crippen LogP contribution in [0.2, 0.25) is 0 Å². The Balaban J connectivity index is 2.47. The Morgan fingerprint density at radius 1 is 1.92 bits per heavy atom. The van der Waals surface area contributed by atoms with E-state index < -0.39 is 6.04 Å². The molecule has 1 heterocycles. The molecule has 0 bridgehead atoms. The minimum atomic E-state index is -0.574. The Morgan fingerprint density at radius 2 is 2.67 bits per heavy atom. The van der Waals surface area contributed by atoms with Crippen LogP contribution in [-0.2, 0) is 16.0 Å². The molecule has 0 aromatic carbocycles. The second kappa shape index (κ2) is 4.18. The molecule has 0 radical (unpaired) electrons. The number of nitrogens with two attached hydrogens (primary N) is 1. The summed E-state index contributed by atoms with van der Waals surface area (Å²) >= 11 is 1.48. The standard InChI is InChI=1S/C7H10N2O2S/c1-11-7(10)6(8)2-5-3-9-4-12-5/h3-4,6H,2,8H2,1H3. The minimum absolute atomic E-state index is 0.386. The topological polar surface area (TPSA) is 65.2 Å². The van der Waals surface area contributed by atoms with Gasteiger partial charge in [0.2, 0.25) is 0 Å². The number of hydrogen-bond acceptors (Lipinski definition) is 5. The molecule has 12 heavy (non-hydrogen) atoms.